The number of rotatable bonds is 2. The SMILES string of the molecule is C[C@H]1C(O)=C(C#N)C[C@@]2(C)c3nc(C4=CCCN(C(=O)OC(C)(C)C)C4)nc(-c4ccccc4)c3CC[C@H]12. The van der Waals surface area contributed by atoms with Crippen LogP contribution in [0.15, 0.2) is 47.7 Å². The topological polar surface area (TPSA) is 99.3 Å². The smallest absolute Gasteiger partial charge is 0.410 e. The number of nitriles is 1. The number of allylic oxidation sites excluding steroid dienone is 2. The molecule has 0 spiro atoms. The Morgan fingerprint density at radius 3 is 2.66 bits per heavy atom. The van der Waals surface area contributed by atoms with Crippen LogP contribution >= 0.6 is 0 Å². The Balaban J connectivity index is 1.62. The zero-order valence-electron chi connectivity index (χ0n) is 22.9. The van der Waals surface area contributed by atoms with Gasteiger partial charge in [0.25, 0.3) is 0 Å². The van der Waals surface area contributed by atoms with Crippen molar-refractivity contribution in [3.63, 3.8) is 0 Å². The summed E-state index contributed by atoms with van der Waals surface area (Å²) in [6.07, 6.45) is 4.63. The number of hydrogen-bond acceptors (Lipinski definition) is 6. The predicted molar refractivity (Wildman–Crippen MR) is 146 cm³/mol. The summed E-state index contributed by atoms with van der Waals surface area (Å²) in [6.45, 7) is 10.8. The van der Waals surface area contributed by atoms with Crippen LogP contribution in [0.2, 0.25) is 0 Å². The summed E-state index contributed by atoms with van der Waals surface area (Å²) in [5.41, 5.74) is 4.37. The fraction of sp³-hybridized carbons (Fsp3) is 0.484. The lowest BCUT2D eigenvalue weighted by molar-refractivity contribution is 0.0273. The molecule has 7 heteroatoms. The minimum Gasteiger partial charge on any atom is -0.511 e. The third kappa shape index (κ3) is 4.57. The average Bonchev–Trinajstić information content (AvgIpc) is 2.90. The van der Waals surface area contributed by atoms with E-state index in [4.69, 9.17) is 14.7 Å². The van der Waals surface area contributed by atoms with Gasteiger partial charge in [0.05, 0.1) is 29.6 Å². The first kappa shape index (κ1) is 26.0. The molecule has 0 saturated heterocycles. The second kappa shape index (κ2) is 9.58. The van der Waals surface area contributed by atoms with Gasteiger partial charge in [0.1, 0.15) is 11.4 Å². The molecule has 1 aromatic heterocycles. The first-order chi connectivity index (χ1) is 18.0. The minimum absolute atomic E-state index is 0.119. The van der Waals surface area contributed by atoms with Gasteiger partial charge >= 0.3 is 6.09 Å². The van der Waals surface area contributed by atoms with Crippen molar-refractivity contribution < 1.29 is 14.6 Å². The van der Waals surface area contributed by atoms with Gasteiger partial charge in [0.15, 0.2) is 5.82 Å². The number of nitrogens with zero attached hydrogens (tertiary/aromatic N) is 4. The Morgan fingerprint density at radius 2 is 1.97 bits per heavy atom. The zero-order valence-corrected chi connectivity index (χ0v) is 22.9. The van der Waals surface area contributed by atoms with Gasteiger partial charge in [-0.15, -0.1) is 0 Å². The van der Waals surface area contributed by atoms with E-state index in [0.29, 0.717) is 37.3 Å². The number of aliphatic hydroxyl groups is 1. The maximum absolute atomic E-state index is 12.9. The van der Waals surface area contributed by atoms with Gasteiger partial charge in [0.2, 0.25) is 0 Å². The molecule has 1 amide bonds. The molecule has 7 nitrogen and oxygen atoms in total. The summed E-state index contributed by atoms with van der Waals surface area (Å²) in [5.74, 6) is 0.880. The van der Waals surface area contributed by atoms with Gasteiger partial charge in [-0.05, 0) is 52.4 Å². The van der Waals surface area contributed by atoms with Crippen molar-refractivity contribution in [3.05, 3.63) is 64.8 Å². The molecule has 3 aliphatic rings. The summed E-state index contributed by atoms with van der Waals surface area (Å²) in [6, 6.07) is 12.4. The van der Waals surface area contributed by atoms with E-state index in [1.165, 1.54) is 0 Å². The van der Waals surface area contributed by atoms with Crippen molar-refractivity contribution in [2.75, 3.05) is 13.1 Å². The van der Waals surface area contributed by atoms with Crippen LogP contribution in [-0.2, 0) is 16.6 Å². The van der Waals surface area contributed by atoms with E-state index in [2.05, 4.69) is 31.2 Å². The van der Waals surface area contributed by atoms with Gasteiger partial charge < -0.3 is 14.7 Å². The van der Waals surface area contributed by atoms with Crippen LogP contribution in [0.3, 0.4) is 0 Å². The molecule has 0 bridgehead atoms. The van der Waals surface area contributed by atoms with E-state index in [0.717, 1.165) is 40.9 Å². The standard InChI is InChI=1S/C31H36N4O3/c1-19-24-14-13-23-25(20-10-7-6-8-11-20)33-28(34-27(23)31(24,5)16-22(17-32)26(19)36)21-12-9-15-35(18-21)29(37)38-30(2,3)4/h6-8,10-12,19,24,36H,9,13-16,18H2,1-5H3/t19-,24-,31-/m1/s1. The van der Waals surface area contributed by atoms with E-state index in [-0.39, 0.29) is 23.7 Å². The van der Waals surface area contributed by atoms with Crippen LogP contribution in [-0.4, -0.2) is 44.8 Å². The normalized spacial score (nSPS) is 25.2. The van der Waals surface area contributed by atoms with Crippen molar-refractivity contribution in [3.8, 4) is 17.3 Å². The van der Waals surface area contributed by atoms with Gasteiger partial charge in [0, 0.05) is 34.6 Å². The fourth-order valence-corrected chi connectivity index (χ4v) is 6.39. The molecule has 3 atom stereocenters. The lowest BCUT2D eigenvalue weighted by Crippen LogP contribution is -2.45. The lowest BCUT2D eigenvalue weighted by Gasteiger charge is -2.48. The lowest BCUT2D eigenvalue weighted by atomic mass is 9.56. The molecule has 0 saturated carbocycles. The van der Waals surface area contributed by atoms with Crippen molar-refractivity contribution in [2.24, 2.45) is 11.8 Å². The minimum atomic E-state index is -0.569. The average molecular weight is 513 g/mol. The van der Waals surface area contributed by atoms with Gasteiger partial charge in [-0.25, -0.2) is 14.8 Å². The summed E-state index contributed by atoms with van der Waals surface area (Å²) in [4.78, 5) is 24.9. The first-order valence-corrected chi connectivity index (χ1v) is 13.5. The monoisotopic (exact) mass is 512 g/mol. The molecule has 1 aliphatic heterocycles. The highest BCUT2D eigenvalue weighted by molar-refractivity contribution is 5.75. The quantitative estimate of drug-likeness (QED) is 0.502. The third-order valence-electron chi connectivity index (χ3n) is 8.23. The Kier molecular flexibility index (Phi) is 6.54. The molecule has 198 valence electrons. The Bertz CT molecular complexity index is 1370. The summed E-state index contributed by atoms with van der Waals surface area (Å²) in [7, 11) is 0. The maximum atomic E-state index is 12.9. The number of aliphatic hydroxyl groups excluding tert-OH is 1. The molecule has 38 heavy (non-hydrogen) atoms. The highest BCUT2D eigenvalue weighted by Crippen LogP contribution is 2.53. The van der Waals surface area contributed by atoms with Gasteiger partial charge in [-0.1, -0.05) is 50.3 Å². The highest BCUT2D eigenvalue weighted by atomic mass is 16.6. The van der Waals surface area contributed by atoms with E-state index < -0.39 is 11.0 Å². The van der Waals surface area contributed by atoms with Crippen LogP contribution in [0.5, 0.6) is 0 Å². The van der Waals surface area contributed by atoms with Crippen LogP contribution in [0.25, 0.3) is 16.8 Å². The molecule has 5 rings (SSSR count). The molecule has 1 aromatic carbocycles. The fourth-order valence-electron chi connectivity index (χ4n) is 6.39. The maximum Gasteiger partial charge on any atom is 0.410 e. The molecule has 2 aromatic rings. The number of benzene rings is 1. The number of amides is 1. The molecular weight excluding hydrogens is 476 g/mol. The first-order valence-electron chi connectivity index (χ1n) is 13.5. The van der Waals surface area contributed by atoms with Gasteiger partial charge in [-0.2, -0.15) is 5.26 Å². The van der Waals surface area contributed by atoms with Crippen molar-refractivity contribution >= 4 is 11.7 Å². The molecule has 1 N–H and O–H groups in total. The van der Waals surface area contributed by atoms with E-state index in [9.17, 15) is 15.2 Å². The van der Waals surface area contributed by atoms with Crippen LogP contribution in [0, 0.1) is 23.2 Å². The third-order valence-corrected chi connectivity index (χ3v) is 8.23. The molecule has 0 unspecified atom stereocenters. The van der Waals surface area contributed by atoms with E-state index in [1.54, 1.807) is 4.90 Å². The summed E-state index contributed by atoms with van der Waals surface area (Å²) in [5, 5.41) is 20.6. The van der Waals surface area contributed by atoms with Gasteiger partial charge in [-0.3, -0.25) is 0 Å². The van der Waals surface area contributed by atoms with Crippen LogP contribution in [0.4, 0.5) is 4.79 Å². The number of hydrogen-bond donors (Lipinski definition) is 1. The molecule has 2 heterocycles. The predicted octanol–water partition coefficient (Wildman–Crippen LogP) is 6.36. The molecule has 0 fully saturated rings. The van der Waals surface area contributed by atoms with E-state index >= 15 is 0 Å². The second-order valence-electron chi connectivity index (χ2n) is 12.0. The number of ether oxygens (including phenoxy) is 1. The molecule has 0 radical (unpaired) electrons. The summed E-state index contributed by atoms with van der Waals surface area (Å²) < 4.78 is 5.64. The van der Waals surface area contributed by atoms with Crippen LogP contribution < -0.4 is 0 Å². The Labute approximate surface area is 224 Å². The number of fused-ring (bicyclic) bond motifs is 3. The van der Waals surface area contributed by atoms with E-state index in [1.807, 2.05) is 45.9 Å². The van der Waals surface area contributed by atoms with Crippen LogP contribution in [0.1, 0.15) is 71.0 Å². The largest absolute Gasteiger partial charge is 0.511 e. The highest BCUT2D eigenvalue weighted by Gasteiger charge is 2.50. The number of aromatic nitrogens is 2. The zero-order chi connectivity index (χ0) is 27.2. The Morgan fingerprint density at radius 1 is 1.24 bits per heavy atom. The number of carbonyl (C=O) groups excluding carboxylic acids is 1. The summed E-state index contributed by atoms with van der Waals surface area (Å²) >= 11 is 0. The second-order valence-corrected chi connectivity index (χ2v) is 12.0. The number of carbonyl (C=O) groups is 1. The molecular formula is C31H36N4O3. The van der Waals surface area contributed by atoms with Crippen molar-refractivity contribution in [2.45, 2.75) is 71.3 Å². The molecule has 2 aliphatic carbocycles. The Hall–Kier alpha value is -3.66. The van der Waals surface area contributed by atoms with Crippen molar-refractivity contribution in [1.82, 2.24) is 14.9 Å². The van der Waals surface area contributed by atoms with Crippen molar-refractivity contribution in [1.29, 1.82) is 5.26 Å².